The summed E-state index contributed by atoms with van der Waals surface area (Å²) in [5.41, 5.74) is -0.335. The Labute approximate surface area is 109 Å². The van der Waals surface area contributed by atoms with Crippen molar-refractivity contribution in [2.24, 2.45) is 5.41 Å². The average Bonchev–Trinajstić information content (AvgIpc) is 2.24. The van der Waals surface area contributed by atoms with Crippen LogP contribution in [0.2, 0.25) is 0 Å². The molecule has 0 rings (SSSR count). The van der Waals surface area contributed by atoms with E-state index in [0.717, 1.165) is 26.1 Å². The molecule has 17 heavy (non-hydrogen) atoms. The minimum absolute atomic E-state index is 0. The van der Waals surface area contributed by atoms with Crippen LogP contribution in [0.15, 0.2) is 0 Å². The van der Waals surface area contributed by atoms with Crippen molar-refractivity contribution in [3.8, 4) is 0 Å². The van der Waals surface area contributed by atoms with Gasteiger partial charge in [0.15, 0.2) is 0 Å². The fourth-order valence-electron chi connectivity index (χ4n) is 1.23. The highest BCUT2D eigenvalue weighted by Gasteiger charge is 2.27. The zero-order chi connectivity index (χ0) is 11.9. The lowest BCUT2D eigenvalue weighted by molar-refractivity contribution is -0.896. The monoisotopic (exact) mass is 248 g/mol. The van der Waals surface area contributed by atoms with Gasteiger partial charge >= 0.3 is 5.97 Å². The Morgan fingerprint density at radius 3 is 1.94 bits per heavy atom. The molecule has 3 heteroatoms. The van der Waals surface area contributed by atoms with Crippen LogP contribution in [0.5, 0.6) is 0 Å². The van der Waals surface area contributed by atoms with Crippen molar-refractivity contribution in [3.63, 3.8) is 0 Å². The van der Waals surface area contributed by atoms with E-state index in [4.69, 9.17) is 4.74 Å². The van der Waals surface area contributed by atoms with Gasteiger partial charge in [0.25, 0.3) is 0 Å². The third-order valence-corrected chi connectivity index (χ3v) is 3.13. The van der Waals surface area contributed by atoms with Crippen molar-refractivity contribution in [2.75, 3.05) is 26.2 Å². The van der Waals surface area contributed by atoms with Crippen molar-refractivity contribution in [1.29, 1.82) is 0 Å². The first-order valence-corrected chi connectivity index (χ1v) is 5.98. The molecule has 0 aliphatic heterocycles. The Morgan fingerprint density at radius 1 is 1.12 bits per heavy atom. The number of esters is 1. The van der Waals surface area contributed by atoms with E-state index >= 15 is 0 Å². The predicted octanol–water partition coefficient (Wildman–Crippen LogP) is 2.16. The number of hydrogen-bond donors (Lipinski definition) is 1. The normalized spacial score (nSPS) is 10.5. The first kappa shape index (κ1) is 21.7. The van der Waals surface area contributed by atoms with Gasteiger partial charge in [-0.05, 0) is 34.1 Å². The fourth-order valence-corrected chi connectivity index (χ4v) is 1.23. The molecule has 0 saturated carbocycles. The van der Waals surface area contributed by atoms with Gasteiger partial charge in [-0.2, -0.15) is 0 Å². The molecule has 0 aliphatic rings. The Kier molecular flexibility index (Phi) is 13.5. The average molecular weight is 248 g/mol. The molecular formula is C14H34NO2+. The predicted molar refractivity (Wildman–Crippen MR) is 75.4 cm³/mol. The molecule has 0 unspecified atom stereocenters. The van der Waals surface area contributed by atoms with E-state index in [2.05, 4.69) is 13.8 Å². The molecule has 0 bridgehead atoms. The van der Waals surface area contributed by atoms with E-state index in [9.17, 15) is 4.79 Å². The molecule has 0 atom stereocenters. The van der Waals surface area contributed by atoms with Gasteiger partial charge in [0, 0.05) is 0 Å². The van der Waals surface area contributed by atoms with Crippen molar-refractivity contribution in [1.82, 2.24) is 0 Å². The van der Waals surface area contributed by atoms with Gasteiger partial charge in [-0.1, -0.05) is 21.8 Å². The minimum atomic E-state index is -0.335. The molecule has 0 heterocycles. The number of carbonyl (C=O) groups excluding carboxylic acids is 1. The maximum Gasteiger partial charge on any atom is 0.311 e. The molecule has 0 radical (unpaired) electrons. The molecule has 0 fully saturated rings. The van der Waals surface area contributed by atoms with Crippen molar-refractivity contribution < 1.29 is 14.4 Å². The number of quaternary nitrogens is 1. The van der Waals surface area contributed by atoms with E-state index < -0.39 is 0 Å². The maximum atomic E-state index is 11.6. The third kappa shape index (κ3) is 8.19. The summed E-state index contributed by atoms with van der Waals surface area (Å²) in [4.78, 5) is 13.1. The molecule has 106 valence electrons. The number of carbonyl (C=O) groups is 1. The summed E-state index contributed by atoms with van der Waals surface area (Å²) in [6.07, 6.45) is 0.823. The van der Waals surface area contributed by atoms with Gasteiger partial charge in [0.05, 0.1) is 18.5 Å². The first-order valence-electron chi connectivity index (χ1n) is 5.98. The van der Waals surface area contributed by atoms with Gasteiger partial charge in [-0.25, -0.2) is 0 Å². The summed E-state index contributed by atoms with van der Waals surface area (Å²) in [5, 5.41) is 0. The van der Waals surface area contributed by atoms with Crippen LogP contribution in [0.4, 0.5) is 0 Å². The van der Waals surface area contributed by atoms with E-state index in [1.807, 2.05) is 20.8 Å². The van der Waals surface area contributed by atoms with Crippen LogP contribution >= 0.6 is 0 Å². The highest BCUT2D eigenvalue weighted by Crippen LogP contribution is 2.20. The molecule has 0 aromatic rings. The standard InChI is InChI=1S/C12H25NO2.2CH4/c1-6-12(4,5)11(14)15-10-9-13(7-2)8-3;;/h6-10H2,1-5H3;2*1H4/p+1. The van der Waals surface area contributed by atoms with Crippen LogP contribution < -0.4 is 4.90 Å². The van der Waals surface area contributed by atoms with E-state index in [-0.39, 0.29) is 26.2 Å². The zero-order valence-electron chi connectivity index (χ0n) is 10.9. The summed E-state index contributed by atoms with van der Waals surface area (Å²) >= 11 is 0. The number of likely N-dealkylation sites (N-methyl/N-ethyl adjacent to an activating group) is 1. The number of hydrogen-bond acceptors (Lipinski definition) is 2. The number of nitrogens with one attached hydrogen (secondary N) is 1. The molecule has 0 aromatic carbocycles. The molecule has 0 aromatic heterocycles. The van der Waals surface area contributed by atoms with E-state index in [1.54, 1.807) is 0 Å². The largest absolute Gasteiger partial charge is 0.459 e. The summed E-state index contributed by atoms with van der Waals surface area (Å²) in [6, 6.07) is 0. The molecule has 0 aliphatic carbocycles. The Bertz CT molecular complexity index is 187. The van der Waals surface area contributed by atoms with Crippen molar-refractivity contribution >= 4 is 5.97 Å². The van der Waals surface area contributed by atoms with Gasteiger partial charge in [0.1, 0.15) is 13.2 Å². The molecule has 0 saturated heterocycles. The second-order valence-electron chi connectivity index (χ2n) is 4.58. The second kappa shape index (κ2) is 10.6. The fraction of sp³-hybridized carbons (Fsp3) is 0.929. The Hall–Kier alpha value is -0.570. The van der Waals surface area contributed by atoms with E-state index in [1.165, 1.54) is 4.90 Å². The molecule has 0 spiro atoms. The van der Waals surface area contributed by atoms with Crippen LogP contribution in [-0.2, 0) is 9.53 Å². The van der Waals surface area contributed by atoms with Gasteiger partial charge < -0.3 is 9.64 Å². The number of ether oxygens (including phenoxy) is 1. The lowest BCUT2D eigenvalue weighted by Gasteiger charge is -2.21. The van der Waals surface area contributed by atoms with Crippen LogP contribution in [0.1, 0.15) is 55.9 Å². The number of rotatable bonds is 7. The highest BCUT2D eigenvalue weighted by molar-refractivity contribution is 5.75. The molecule has 0 amide bonds. The summed E-state index contributed by atoms with van der Waals surface area (Å²) < 4.78 is 5.27. The Balaban J connectivity index is -0.000000980. The molecular weight excluding hydrogens is 214 g/mol. The third-order valence-electron chi connectivity index (χ3n) is 3.13. The quantitative estimate of drug-likeness (QED) is 0.700. The lowest BCUT2D eigenvalue weighted by Crippen LogP contribution is -3.11. The van der Waals surface area contributed by atoms with Gasteiger partial charge in [0.2, 0.25) is 0 Å². The van der Waals surface area contributed by atoms with Crippen LogP contribution in [0.25, 0.3) is 0 Å². The smallest absolute Gasteiger partial charge is 0.311 e. The van der Waals surface area contributed by atoms with E-state index in [0.29, 0.717) is 6.61 Å². The van der Waals surface area contributed by atoms with Gasteiger partial charge in [-0.15, -0.1) is 0 Å². The summed E-state index contributed by atoms with van der Waals surface area (Å²) in [6.45, 7) is 13.8. The van der Waals surface area contributed by atoms with Crippen LogP contribution in [0.3, 0.4) is 0 Å². The SMILES string of the molecule is C.C.CC[NH+](CC)CCOC(=O)C(C)(C)CC. The highest BCUT2D eigenvalue weighted by atomic mass is 16.5. The maximum absolute atomic E-state index is 11.6. The Morgan fingerprint density at radius 2 is 1.59 bits per heavy atom. The lowest BCUT2D eigenvalue weighted by atomic mass is 9.91. The molecule has 3 nitrogen and oxygen atoms in total. The minimum Gasteiger partial charge on any atom is -0.459 e. The van der Waals surface area contributed by atoms with Crippen LogP contribution in [0, 0.1) is 5.41 Å². The zero-order valence-corrected chi connectivity index (χ0v) is 10.9. The van der Waals surface area contributed by atoms with Crippen molar-refractivity contribution in [2.45, 2.75) is 55.9 Å². The first-order chi connectivity index (χ1) is 6.97. The van der Waals surface area contributed by atoms with Crippen molar-refractivity contribution in [3.05, 3.63) is 0 Å². The second-order valence-corrected chi connectivity index (χ2v) is 4.58. The summed E-state index contributed by atoms with van der Waals surface area (Å²) in [5.74, 6) is -0.0726. The molecule has 1 N–H and O–H groups in total. The topological polar surface area (TPSA) is 30.7 Å². The van der Waals surface area contributed by atoms with Crippen LogP contribution in [-0.4, -0.2) is 32.2 Å². The van der Waals surface area contributed by atoms with Gasteiger partial charge in [-0.3, -0.25) is 4.79 Å². The summed E-state index contributed by atoms with van der Waals surface area (Å²) in [7, 11) is 0.